The van der Waals surface area contributed by atoms with Gasteiger partial charge in [-0.3, -0.25) is 9.69 Å². The molecule has 1 rings (SSSR count). The molecule has 20 heavy (non-hydrogen) atoms. The van der Waals surface area contributed by atoms with Crippen molar-refractivity contribution in [2.75, 3.05) is 32.1 Å². The summed E-state index contributed by atoms with van der Waals surface area (Å²) in [5.41, 5.74) is 0.654. The van der Waals surface area contributed by atoms with Gasteiger partial charge in [-0.15, -0.1) is 0 Å². The van der Waals surface area contributed by atoms with Crippen LogP contribution < -0.4 is 9.64 Å². The van der Waals surface area contributed by atoms with Crippen LogP contribution in [0.1, 0.15) is 13.3 Å². The first-order chi connectivity index (χ1) is 9.49. The molecule has 0 aliphatic rings. The Morgan fingerprint density at radius 2 is 2.05 bits per heavy atom. The summed E-state index contributed by atoms with van der Waals surface area (Å²) < 4.78 is 5.11. The number of carboxylic acid groups (broad SMARTS) is 1. The molecule has 1 aromatic rings. The van der Waals surface area contributed by atoms with Gasteiger partial charge in [-0.25, -0.2) is 4.79 Å². The van der Waals surface area contributed by atoms with Crippen LogP contribution in [-0.2, 0) is 4.79 Å². The average molecular weight is 280 g/mol. The van der Waals surface area contributed by atoms with E-state index in [1.165, 1.54) is 9.80 Å². The number of carboxylic acids is 1. The second kappa shape index (κ2) is 7.37. The van der Waals surface area contributed by atoms with Gasteiger partial charge in [0.25, 0.3) is 0 Å². The zero-order chi connectivity index (χ0) is 15.1. The lowest BCUT2D eigenvalue weighted by Gasteiger charge is -2.27. The van der Waals surface area contributed by atoms with Gasteiger partial charge in [0, 0.05) is 25.3 Å². The first kappa shape index (κ1) is 15.8. The minimum atomic E-state index is -1.02. The molecule has 0 fully saturated rings. The van der Waals surface area contributed by atoms with Crippen LogP contribution in [0.25, 0.3) is 0 Å². The summed E-state index contributed by atoms with van der Waals surface area (Å²) in [6, 6.07) is 6.71. The highest BCUT2D eigenvalue weighted by Crippen LogP contribution is 2.20. The summed E-state index contributed by atoms with van der Waals surface area (Å²) in [6.07, 6.45) is 0.699. The van der Waals surface area contributed by atoms with Crippen LogP contribution in [0.5, 0.6) is 5.75 Å². The standard InChI is InChI=1S/C14H20N2O4/c1-4-8-16(10-13(17)18)14(19)15(2)11-6-5-7-12(9-11)20-3/h5-7,9H,4,8,10H2,1-3H3,(H,17,18). The van der Waals surface area contributed by atoms with Crippen LogP contribution in [0, 0.1) is 0 Å². The summed E-state index contributed by atoms with van der Waals surface area (Å²) >= 11 is 0. The second-order valence-corrected chi connectivity index (χ2v) is 4.36. The van der Waals surface area contributed by atoms with Gasteiger partial charge in [0.1, 0.15) is 12.3 Å². The van der Waals surface area contributed by atoms with Gasteiger partial charge in [-0.2, -0.15) is 0 Å². The van der Waals surface area contributed by atoms with Crippen molar-refractivity contribution in [3.63, 3.8) is 0 Å². The van der Waals surface area contributed by atoms with E-state index in [2.05, 4.69) is 0 Å². The van der Waals surface area contributed by atoms with E-state index in [0.717, 1.165) is 0 Å². The minimum Gasteiger partial charge on any atom is -0.497 e. The fourth-order valence-electron chi connectivity index (χ4n) is 1.82. The van der Waals surface area contributed by atoms with E-state index in [9.17, 15) is 9.59 Å². The molecule has 0 radical (unpaired) electrons. The summed E-state index contributed by atoms with van der Waals surface area (Å²) in [4.78, 5) is 25.9. The number of nitrogens with zero attached hydrogens (tertiary/aromatic N) is 2. The lowest BCUT2D eigenvalue weighted by molar-refractivity contribution is -0.137. The molecule has 0 aliphatic carbocycles. The quantitative estimate of drug-likeness (QED) is 0.865. The summed E-state index contributed by atoms with van der Waals surface area (Å²) in [5.74, 6) is -0.381. The maximum absolute atomic E-state index is 12.3. The molecule has 0 unspecified atom stereocenters. The van der Waals surface area contributed by atoms with E-state index >= 15 is 0 Å². The SMILES string of the molecule is CCCN(CC(=O)O)C(=O)N(C)c1cccc(OC)c1. The smallest absolute Gasteiger partial charge is 0.324 e. The lowest BCUT2D eigenvalue weighted by atomic mass is 10.3. The Kier molecular flexibility index (Phi) is 5.83. The van der Waals surface area contributed by atoms with Crippen LogP contribution in [0.3, 0.4) is 0 Å². The van der Waals surface area contributed by atoms with Crippen molar-refractivity contribution >= 4 is 17.7 Å². The molecule has 110 valence electrons. The molecule has 0 bridgehead atoms. The Morgan fingerprint density at radius 3 is 2.60 bits per heavy atom. The molecule has 2 amide bonds. The molecule has 0 aliphatic heterocycles. The molecular weight excluding hydrogens is 260 g/mol. The highest BCUT2D eigenvalue weighted by Gasteiger charge is 2.20. The number of hydrogen-bond donors (Lipinski definition) is 1. The zero-order valence-electron chi connectivity index (χ0n) is 12.0. The van der Waals surface area contributed by atoms with Gasteiger partial charge < -0.3 is 14.7 Å². The number of amides is 2. The molecule has 1 aromatic carbocycles. The van der Waals surface area contributed by atoms with Crippen molar-refractivity contribution in [3.8, 4) is 5.75 Å². The van der Waals surface area contributed by atoms with Gasteiger partial charge in [-0.1, -0.05) is 13.0 Å². The Labute approximate surface area is 118 Å². The highest BCUT2D eigenvalue weighted by atomic mass is 16.5. The Balaban J connectivity index is 2.89. The molecule has 0 aromatic heterocycles. The number of aliphatic carboxylic acids is 1. The number of anilines is 1. The summed E-state index contributed by atoms with van der Waals surface area (Å²) in [6.45, 7) is 1.99. The second-order valence-electron chi connectivity index (χ2n) is 4.36. The van der Waals surface area contributed by atoms with Crippen LogP contribution in [0.2, 0.25) is 0 Å². The molecule has 0 spiro atoms. The van der Waals surface area contributed by atoms with E-state index in [-0.39, 0.29) is 12.6 Å². The monoisotopic (exact) mass is 280 g/mol. The molecule has 0 saturated carbocycles. The third kappa shape index (κ3) is 4.15. The van der Waals surface area contributed by atoms with Crippen LogP contribution >= 0.6 is 0 Å². The summed E-state index contributed by atoms with van der Waals surface area (Å²) in [5, 5.41) is 8.86. The van der Waals surface area contributed by atoms with Crippen LogP contribution in [0.4, 0.5) is 10.5 Å². The van der Waals surface area contributed by atoms with Crippen LogP contribution in [-0.4, -0.2) is 49.3 Å². The number of rotatable bonds is 6. The Bertz CT molecular complexity index is 476. The number of benzene rings is 1. The number of carbonyl (C=O) groups excluding carboxylic acids is 1. The third-order valence-corrected chi connectivity index (χ3v) is 2.82. The van der Waals surface area contributed by atoms with Gasteiger partial charge in [0.05, 0.1) is 7.11 Å². The van der Waals surface area contributed by atoms with E-state index in [1.807, 2.05) is 6.92 Å². The van der Waals surface area contributed by atoms with Crippen molar-refractivity contribution in [1.82, 2.24) is 4.90 Å². The van der Waals surface area contributed by atoms with Crippen molar-refractivity contribution in [1.29, 1.82) is 0 Å². The topological polar surface area (TPSA) is 70.1 Å². The Morgan fingerprint density at radius 1 is 1.35 bits per heavy atom. The van der Waals surface area contributed by atoms with Crippen LogP contribution in [0.15, 0.2) is 24.3 Å². The molecule has 0 atom stereocenters. The molecule has 6 nitrogen and oxygen atoms in total. The van der Waals surface area contributed by atoms with Gasteiger partial charge in [0.2, 0.25) is 0 Å². The number of urea groups is 1. The van der Waals surface area contributed by atoms with E-state index in [0.29, 0.717) is 24.4 Å². The van der Waals surface area contributed by atoms with Gasteiger partial charge in [-0.05, 0) is 18.6 Å². The molecule has 6 heteroatoms. The predicted molar refractivity (Wildman–Crippen MR) is 76.3 cm³/mol. The first-order valence-corrected chi connectivity index (χ1v) is 6.38. The Hall–Kier alpha value is -2.24. The lowest BCUT2D eigenvalue weighted by Crippen LogP contribution is -2.44. The maximum atomic E-state index is 12.3. The molecular formula is C14H20N2O4. The third-order valence-electron chi connectivity index (χ3n) is 2.82. The predicted octanol–water partition coefficient (Wildman–Crippen LogP) is 2.05. The fourth-order valence-corrected chi connectivity index (χ4v) is 1.82. The van der Waals surface area contributed by atoms with Crippen molar-refractivity contribution in [2.24, 2.45) is 0 Å². The first-order valence-electron chi connectivity index (χ1n) is 6.38. The van der Waals surface area contributed by atoms with Crippen molar-refractivity contribution in [3.05, 3.63) is 24.3 Å². The van der Waals surface area contributed by atoms with Crippen molar-refractivity contribution in [2.45, 2.75) is 13.3 Å². The largest absolute Gasteiger partial charge is 0.497 e. The molecule has 0 saturated heterocycles. The van der Waals surface area contributed by atoms with E-state index < -0.39 is 5.97 Å². The minimum absolute atomic E-state index is 0.305. The van der Waals surface area contributed by atoms with E-state index in [1.54, 1.807) is 38.4 Å². The number of carbonyl (C=O) groups is 2. The molecule has 1 N–H and O–H groups in total. The fraction of sp³-hybridized carbons (Fsp3) is 0.429. The van der Waals surface area contributed by atoms with Crippen molar-refractivity contribution < 1.29 is 19.4 Å². The average Bonchev–Trinajstić information content (AvgIpc) is 2.45. The van der Waals surface area contributed by atoms with Gasteiger partial charge in [0.15, 0.2) is 0 Å². The van der Waals surface area contributed by atoms with E-state index in [4.69, 9.17) is 9.84 Å². The zero-order valence-corrected chi connectivity index (χ0v) is 12.0. The molecule has 0 heterocycles. The highest BCUT2D eigenvalue weighted by molar-refractivity contribution is 5.93. The number of methoxy groups -OCH3 is 1. The maximum Gasteiger partial charge on any atom is 0.324 e. The summed E-state index contributed by atoms with van der Waals surface area (Å²) in [7, 11) is 3.16. The van der Waals surface area contributed by atoms with Gasteiger partial charge >= 0.3 is 12.0 Å². The normalized spacial score (nSPS) is 9.95. The number of hydrogen-bond acceptors (Lipinski definition) is 3. The number of ether oxygens (including phenoxy) is 1.